The number of benzene rings is 1. The summed E-state index contributed by atoms with van der Waals surface area (Å²) >= 11 is 0. The van der Waals surface area contributed by atoms with E-state index in [1.54, 1.807) is 6.92 Å². The lowest BCUT2D eigenvalue weighted by Crippen LogP contribution is -2.23. The van der Waals surface area contributed by atoms with Gasteiger partial charge in [0.05, 0.1) is 5.69 Å². The highest BCUT2D eigenvalue weighted by Gasteiger charge is 2.18. The number of carbonyl (C=O) groups excluding carboxylic acids is 1. The summed E-state index contributed by atoms with van der Waals surface area (Å²) in [6.45, 7) is 3.49. The molecule has 2 aromatic rings. The van der Waals surface area contributed by atoms with E-state index < -0.39 is 17.5 Å². The highest BCUT2D eigenvalue weighted by Crippen LogP contribution is 2.19. The van der Waals surface area contributed by atoms with Crippen molar-refractivity contribution in [3.8, 4) is 0 Å². The third-order valence-electron chi connectivity index (χ3n) is 3.64. The molecule has 23 heavy (non-hydrogen) atoms. The second kappa shape index (κ2) is 6.28. The van der Waals surface area contributed by atoms with E-state index in [9.17, 15) is 13.6 Å². The monoisotopic (exact) mass is 318 g/mol. The van der Waals surface area contributed by atoms with Crippen molar-refractivity contribution in [3.63, 3.8) is 0 Å². The first-order chi connectivity index (χ1) is 11.0. The molecule has 1 fully saturated rings. The number of aryl methyl sites for hydroxylation is 1. The molecule has 1 saturated heterocycles. The predicted octanol–water partition coefficient (Wildman–Crippen LogP) is 2.92. The lowest BCUT2D eigenvalue weighted by molar-refractivity contribution is 0.102. The highest BCUT2D eigenvalue weighted by molar-refractivity contribution is 6.03. The van der Waals surface area contributed by atoms with Gasteiger partial charge in [-0.3, -0.25) is 4.79 Å². The Morgan fingerprint density at radius 2 is 1.91 bits per heavy atom. The van der Waals surface area contributed by atoms with E-state index in [4.69, 9.17) is 0 Å². The Labute approximate surface area is 132 Å². The summed E-state index contributed by atoms with van der Waals surface area (Å²) in [7, 11) is 0. The minimum atomic E-state index is -0.830. The molecule has 0 bridgehead atoms. The van der Waals surface area contributed by atoms with E-state index in [2.05, 4.69) is 15.3 Å². The summed E-state index contributed by atoms with van der Waals surface area (Å²) < 4.78 is 26.5. The molecule has 1 amide bonds. The highest BCUT2D eigenvalue weighted by atomic mass is 19.1. The predicted molar refractivity (Wildman–Crippen MR) is 82.5 cm³/mol. The van der Waals surface area contributed by atoms with Crippen molar-refractivity contribution >= 4 is 17.5 Å². The zero-order chi connectivity index (χ0) is 16.4. The minimum absolute atomic E-state index is 0.0876. The van der Waals surface area contributed by atoms with Crippen LogP contribution in [0.15, 0.2) is 24.3 Å². The Bertz CT molecular complexity index is 745. The van der Waals surface area contributed by atoms with Gasteiger partial charge in [0.25, 0.3) is 5.91 Å². The van der Waals surface area contributed by atoms with Crippen LogP contribution in [0, 0.1) is 18.6 Å². The van der Waals surface area contributed by atoms with Gasteiger partial charge in [0.1, 0.15) is 17.3 Å². The fraction of sp³-hybridized carbons (Fsp3) is 0.312. The number of nitrogens with zero attached hydrogens (tertiary/aromatic N) is 3. The Hall–Kier alpha value is -2.57. The fourth-order valence-electron chi connectivity index (χ4n) is 2.50. The molecule has 1 N–H and O–H groups in total. The van der Waals surface area contributed by atoms with Crippen molar-refractivity contribution in [1.29, 1.82) is 0 Å². The first-order valence-corrected chi connectivity index (χ1v) is 7.40. The van der Waals surface area contributed by atoms with Crippen LogP contribution >= 0.6 is 0 Å². The van der Waals surface area contributed by atoms with Gasteiger partial charge in [-0.1, -0.05) is 0 Å². The molecule has 0 unspecified atom stereocenters. The van der Waals surface area contributed by atoms with Gasteiger partial charge >= 0.3 is 0 Å². The molecule has 0 atom stereocenters. The molecule has 0 aliphatic carbocycles. The molecule has 1 aliphatic heterocycles. The van der Waals surface area contributed by atoms with Crippen LogP contribution in [0.2, 0.25) is 0 Å². The minimum Gasteiger partial charge on any atom is -0.341 e. The molecule has 1 aromatic heterocycles. The maximum atomic E-state index is 13.6. The second-order valence-electron chi connectivity index (χ2n) is 5.47. The summed E-state index contributed by atoms with van der Waals surface area (Å²) in [5, 5.41) is 2.41. The van der Waals surface area contributed by atoms with E-state index in [0.29, 0.717) is 11.6 Å². The van der Waals surface area contributed by atoms with E-state index in [1.807, 2.05) is 4.90 Å². The van der Waals surface area contributed by atoms with E-state index in [-0.39, 0.29) is 11.4 Å². The number of aromatic nitrogens is 2. The van der Waals surface area contributed by atoms with E-state index in [0.717, 1.165) is 38.1 Å². The van der Waals surface area contributed by atoms with Crippen molar-refractivity contribution in [2.75, 3.05) is 23.3 Å². The molecular weight excluding hydrogens is 302 g/mol. The summed E-state index contributed by atoms with van der Waals surface area (Å²) in [4.78, 5) is 22.9. The normalized spacial score (nSPS) is 14.1. The smallest absolute Gasteiger partial charge is 0.274 e. The molecule has 2 heterocycles. The zero-order valence-corrected chi connectivity index (χ0v) is 12.6. The molecular formula is C16H16F2N4O. The zero-order valence-electron chi connectivity index (χ0n) is 12.6. The molecule has 3 rings (SSSR count). The van der Waals surface area contributed by atoms with E-state index in [1.165, 1.54) is 12.1 Å². The van der Waals surface area contributed by atoms with Crippen molar-refractivity contribution in [2.24, 2.45) is 0 Å². The molecule has 1 aromatic carbocycles. The van der Waals surface area contributed by atoms with Crippen LogP contribution in [-0.4, -0.2) is 29.0 Å². The van der Waals surface area contributed by atoms with Gasteiger partial charge in [-0.15, -0.1) is 0 Å². The Balaban J connectivity index is 1.84. The number of hydrogen-bond donors (Lipinski definition) is 1. The van der Waals surface area contributed by atoms with Gasteiger partial charge in [0, 0.05) is 24.8 Å². The SMILES string of the molecule is Cc1cc(C(=O)Nc2ccc(F)cc2F)nc(N2CCCC2)n1. The third kappa shape index (κ3) is 3.44. The largest absolute Gasteiger partial charge is 0.341 e. The van der Waals surface area contributed by atoms with Gasteiger partial charge in [0.15, 0.2) is 0 Å². The molecule has 0 saturated carbocycles. The first-order valence-electron chi connectivity index (χ1n) is 7.40. The maximum Gasteiger partial charge on any atom is 0.274 e. The van der Waals surface area contributed by atoms with Crippen LogP contribution in [0.3, 0.4) is 0 Å². The number of carbonyl (C=O) groups is 1. The van der Waals surface area contributed by atoms with Crippen molar-refractivity contribution < 1.29 is 13.6 Å². The second-order valence-corrected chi connectivity index (χ2v) is 5.47. The lowest BCUT2D eigenvalue weighted by Gasteiger charge is -2.16. The molecule has 0 spiro atoms. The van der Waals surface area contributed by atoms with Crippen LogP contribution in [0.4, 0.5) is 20.4 Å². The van der Waals surface area contributed by atoms with Gasteiger partial charge in [0.2, 0.25) is 5.95 Å². The van der Waals surface area contributed by atoms with Gasteiger partial charge in [-0.05, 0) is 38.0 Å². The van der Waals surface area contributed by atoms with Gasteiger partial charge < -0.3 is 10.2 Å². The van der Waals surface area contributed by atoms with Crippen LogP contribution < -0.4 is 10.2 Å². The molecule has 1 aliphatic rings. The topological polar surface area (TPSA) is 58.1 Å². The fourth-order valence-corrected chi connectivity index (χ4v) is 2.50. The Morgan fingerprint density at radius 3 is 2.61 bits per heavy atom. The lowest BCUT2D eigenvalue weighted by atomic mass is 10.2. The summed E-state index contributed by atoms with van der Waals surface area (Å²) in [5.41, 5.74) is 0.727. The number of anilines is 2. The van der Waals surface area contributed by atoms with Crippen LogP contribution in [-0.2, 0) is 0 Å². The summed E-state index contributed by atoms with van der Waals surface area (Å²) in [6.07, 6.45) is 2.14. The average molecular weight is 318 g/mol. The first kappa shape index (κ1) is 15.3. The summed E-state index contributed by atoms with van der Waals surface area (Å²) in [5.74, 6) is -1.58. The van der Waals surface area contributed by atoms with Gasteiger partial charge in [-0.25, -0.2) is 18.7 Å². The standard InChI is InChI=1S/C16H16F2N4O/c1-10-8-14(21-16(19-10)22-6-2-3-7-22)15(23)20-13-5-4-11(17)9-12(13)18/h4-5,8-9H,2-3,6-7H2,1H3,(H,20,23). The van der Waals surface area contributed by atoms with Gasteiger partial charge in [-0.2, -0.15) is 0 Å². The van der Waals surface area contributed by atoms with Crippen molar-refractivity contribution in [3.05, 3.63) is 47.3 Å². The number of rotatable bonds is 3. The van der Waals surface area contributed by atoms with Crippen molar-refractivity contribution in [2.45, 2.75) is 19.8 Å². The maximum absolute atomic E-state index is 13.6. The Kier molecular flexibility index (Phi) is 4.18. The number of nitrogens with one attached hydrogen (secondary N) is 1. The van der Waals surface area contributed by atoms with Crippen LogP contribution in [0.1, 0.15) is 29.0 Å². The molecule has 0 radical (unpaired) electrons. The number of amides is 1. The quantitative estimate of drug-likeness (QED) is 0.945. The van der Waals surface area contributed by atoms with Crippen molar-refractivity contribution in [1.82, 2.24) is 9.97 Å². The third-order valence-corrected chi connectivity index (χ3v) is 3.64. The van der Waals surface area contributed by atoms with E-state index >= 15 is 0 Å². The molecule has 120 valence electrons. The molecule has 7 heteroatoms. The van der Waals surface area contributed by atoms with Crippen LogP contribution in [0.25, 0.3) is 0 Å². The van der Waals surface area contributed by atoms with Crippen LogP contribution in [0.5, 0.6) is 0 Å². The average Bonchev–Trinajstić information content (AvgIpc) is 3.04. The summed E-state index contributed by atoms with van der Waals surface area (Å²) in [6, 6.07) is 4.52. The number of halogens is 2. The molecule has 5 nitrogen and oxygen atoms in total. The number of hydrogen-bond acceptors (Lipinski definition) is 4. The Morgan fingerprint density at radius 1 is 1.17 bits per heavy atom.